The molecule has 0 atom stereocenters. The standard InChI is InChI=1S/C16H11BrClN3/c17-14-10-19-16(18)21-15(14)20-13-8-6-12(7-9-13)11-4-2-1-3-5-11/h1-10H,(H,19,20,21). The van der Waals surface area contributed by atoms with Crippen LogP contribution in [-0.2, 0) is 0 Å². The Labute approximate surface area is 136 Å². The molecule has 0 saturated heterocycles. The first kappa shape index (κ1) is 14.0. The van der Waals surface area contributed by atoms with E-state index in [0.717, 1.165) is 10.2 Å². The van der Waals surface area contributed by atoms with Crippen LogP contribution in [0.2, 0.25) is 5.28 Å². The highest BCUT2D eigenvalue weighted by Gasteiger charge is 2.04. The molecule has 0 aliphatic carbocycles. The Balaban J connectivity index is 1.83. The molecule has 0 aliphatic rings. The van der Waals surface area contributed by atoms with Crippen molar-refractivity contribution < 1.29 is 0 Å². The Morgan fingerprint density at radius 1 is 0.905 bits per heavy atom. The average molecular weight is 361 g/mol. The lowest BCUT2D eigenvalue weighted by Gasteiger charge is -2.08. The minimum absolute atomic E-state index is 0.210. The van der Waals surface area contributed by atoms with Gasteiger partial charge < -0.3 is 5.32 Å². The van der Waals surface area contributed by atoms with Gasteiger partial charge in [-0.25, -0.2) is 4.98 Å². The van der Waals surface area contributed by atoms with Crippen molar-refractivity contribution in [3.8, 4) is 11.1 Å². The first-order valence-electron chi connectivity index (χ1n) is 6.33. The van der Waals surface area contributed by atoms with E-state index in [4.69, 9.17) is 11.6 Å². The van der Waals surface area contributed by atoms with E-state index >= 15 is 0 Å². The van der Waals surface area contributed by atoms with Crippen molar-refractivity contribution in [2.24, 2.45) is 0 Å². The highest BCUT2D eigenvalue weighted by molar-refractivity contribution is 9.10. The van der Waals surface area contributed by atoms with Crippen molar-refractivity contribution >= 4 is 39.0 Å². The predicted octanol–water partition coefficient (Wildman–Crippen LogP) is 5.30. The molecule has 21 heavy (non-hydrogen) atoms. The molecule has 3 nitrogen and oxygen atoms in total. The molecule has 1 aromatic heterocycles. The number of rotatable bonds is 3. The van der Waals surface area contributed by atoms with Crippen molar-refractivity contribution in [3.05, 3.63) is 70.6 Å². The van der Waals surface area contributed by atoms with Crippen LogP contribution in [0.1, 0.15) is 0 Å². The number of nitrogens with zero attached hydrogens (tertiary/aromatic N) is 2. The second kappa shape index (κ2) is 6.24. The molecule has 0 radical (unpaired) electrons. The summed E-state index contributed by atoms with van der Waals surface area (Å²) >= 11 is 9.20. The van der Waals surface area contributed by atoms with Crippen LogP contribution in [0.5, 0.6) is 0 Å². The molecule has 1 N–H and O–H groups in total. The van der Waals surface area contributed by atoms with E-state index in [0.29, 0.717) is 5.82 Å². The Kier molecular flexibility index (Phi) is 4.18. The van der Waals surface area contributed by atoms with Crippen molar-refractivity contribution in [2.45, 2.75) is 0 Å². The molecule has 0 aliphatic heterocycles. The first-order valence-corrected chi connectivity index (χ1v) is 7.50. The number of aromatic nitrogens is 2. The van der Waals surface area contributed by atoms with E-state index in [9.17, 15) is 0 Å². The van der Waals surface area contributed by atoms with Gasteiger partial charge in [-0.3, -0.25) is 0 Å². The first-order chi connectivity index (χ1) is 10.2. The Morgan fingerprint density at radius 3 is 2.29 bits per heavy atom. The minimum Gasteiger partial charge on any atom is -0.339 e. The number of halogens is 2. The number of hydrogen-bond acceptors (Lipinski definition) is 3. The van der Waals surface area contributed by atoms with Gasteiger partial charge in [0.2, 0.25) is 5.28 Å². The van der Waals surface area contributed by atoms with Gasteiger partial charge >= 0.3 is 0 Å². The summed E-state index contributed by atoms with van der Waals surface area (Å²) < 4.78 is 0.763. The normalized spacial score (nSPS) is 10.4. The van der Waals surface area contributed by atoms with E-state index in [2.05, 4.69) is 55.5 Å². The molecule has 0 fully saturated rings. The van der Waals surface area contributed by atoms with Crippen molar-refractivity contribution in [3.63, 3.8) is 0 Å². The number of hydrogen-bond donors (Lipinski definition) is 1. The van der Waals surface area contributed by atoms with Crippen LogP contribution in [0.3, 0.4) is 0 Å². The summed E-state index contributed by atoms with van der Waals surface area (Å²) in [5.74, 6) is 0.641. The van der Waals surface area contributed by atoms with Crippen LogP contribution in [0, 0.1) is 0 Å². The quantitative estimate of drug-likeness (QED) is 0.644. The number of anilines is 2. The highest BCUT2D eigenvalue weighted by Crippen LogP contribution is 2.26. The topological polar surface area (TPSA) is 37.8 Å². The SMILES string of the molecule is Clc1ncc(Br)c(Nc2ccc(-c3ccccc3)cc2)n1. The molecule has 104 valence electrons. The van der Waals surface area contributed by atoms with Gasteiger partial charge in [-0.2, -0.15) is 4.98 Å². The van der Waals surface area contributed by atoms with Crippen LogP contribution >= 0.6 is 27.5 Å². The molecule has 0 saturated carbocycles. The van der Waals surface area contributed by atoms with Crippen molar-refractivity contribution in [1.82, 2.24) is 9.97 Å². The zero-order valence-electron chi connectivity index (χ0n) is 10.9. The van der Waals surface area contributed by atoms with Crippen LogP contribution in [0.4, 0.5) is 11.5 Å². The predicted molar refractivity (Wildman–Crippen MR) is 89.9 cm³/mol. The van der Waals surface area contributed by atoms with E-state index in [1.165, 1.54) is 11.1 Å². The summed E-state index contributed by atoms with van der Waals surface area (Å²) in [6, 6.07) is 18.4. The van der Waals surface area contributed by atoms with Crippen molar-refractivity contribution in [2.75, 3.05) is 5.32 Å². The molecule has 1 heterocycles. The van der Waals surface area contributed by atoms with Gasteiger partial charge in [0, 0.05) is 11.9 Å². The fraction of sp³-hybridized carbons (Fsp3) is 0. The Bertz CT molecular complexity index is 745. The van der Waals surface area contributed by atoms with Gasteiger partial charge in [0.25, 0.3) is 0 Å². The summed E-state index contributed by atoms with van der Waals surface area (Å²) in [7, 11) is 0. The zero-order chi connectivity index (χ0) is 14.7. The van der Waals surface area contributed by atoms with E-state index < -0.39 is 0 Å². The molecular weight excluding hydrogens is 350 g/mol. The summed E-state index contributed by atoms with van der Waals surface area (Å²) in [6.07, 6.45) is 1.62. The molecule has 0 spiro atoms. The Hall–Kier alpha value is -1.91. The smallest absolute Gasteiger partial charge is 0.224 e. The van der Waals surface area contributed by atoms with Gasteiger partial charge in [0.1, 0.15) is 5.82 Å². The summed E-state index contributed by atoms with van der Waals surface area (Å²) in [5.41, 5.74) is 3.29. The fourth-order valence-electron chi connectivity index (χ4n) is 1.95. The van der Waals surface area contributed by atoms with Crippen molar-refractivity contribution in [1.29, 1.82) is 0 Å². The maximum Gasteiger partial charge on any atom is 0.224 e. The monoisotopic (exact) mass is 359 g/mol. The van der Waals surface area contributed by atoms with Gasteiger partial charge in [0.15, 0.2) is 0 Å². The maximum absolute atomic E-state index is 5.81. The fourth-order valence-corrected chi connectivity index (χ4v) is 2.37. The number of benzene rings is 2. The van der Waals surface area contributed by atoms with Crippen LogP contribution < -0.4 is 5.32 Å². The molecule has 2 aromatic carbocycles. The van der Waals surface area contributed by atoms with E-state index in [1.54, 1.807) is 6.20 Å². The maximum atomic E-state index is 5.81. The zero-order valence-corrected chi connectivity index (χ0v) is 13.3. The third-order valence-corrected chi connectivity index (χ3v) is 3.73. The average Bonchev–Trinajstić information content (AvgIpc) is 2.53. The molecule has 3 rings (SSSR count). The van der Waals surface area contributed by atoms with Gasteiger partial charge in [-0.1, -0.05) is 42.5 Å². The van der Waals surface area contributed by atoms with Gasteiger partial charge in [0.05, 0.1) is 4.47 Å². The van der Waals surface area contributed by atoms with Gasteiger partial charge in [-0.15, -0.1) is 0 Å². The molecule has 0 bridgehead atoms. The lowest BCUT2D eigenvalue weighted by Crippen LogP contribution is -1.96. The third kappa shape index (κ3) is 3.40. The van der Waals surface area contributed by atoms with Gasteiger partial charge in [-0.05, 0) is 50.8 Å². The van der Waals surface area contributed by atoms with E-state index in [-0.39, 0.29) is 5.28 Å². The second-order valence-corrected chi connectivity index (χ2v) is 5.60. The van der Waals surface area contributed by atoms with Crippen LogP contribution in [0.15, 0.2) is 65.3 Å². The largest absolute Gasteiger partial charge is 0.339 e. The summed E-state index contributed by atoms with van der Waals surface area (Å²) in [5, 5.41) is 3.42. The van der Waals surface area contributed by atoms with Crippen LogP contribution in [0.25, 0.3) is 11.1 Å². The summed E-state index contributed by atoms with van der Waals surface area (Å²) in [4.78, 5) is 8.05. The lowest BCUT2D eigenvalue weighted by atomic mass is 10.1. The second-order valence-electron chi connectivity index (χ2n) is 4.40. The van der Waals surface area contributed by atoms with E-state index in [1.807, 2.05) is 30.3 Å². The Morgan fingerprint density at radius 2 is 1.57 bits per heavy atom. The lowest BCUT2D eigenvalue weighted by molar-refractivity contribution is 1.15. The third-order valence-electron chi connectivity index (χ3n) is 2.97. The minimum atomic E-state index is 0.210. The molecule has 0 amide bonds. The molecule has 3 aromatic rings. The highest BCUT2D eigenvalue weighted by atomic mass is 79.9. The van der Waals surface area contributed by atoms with Crippen LogP contribution in [-0.4, -0.2) is 9.97 Å². The molecule has 0 unspecified atom stereocenters. The molecule has 5 heteroatoms. The summed E-state index contributed by atoms with van der Waals surface area (Å²) in [6.45, 7) is 0. The molecular formula is C16H11BrClN3. The number of nitrogens with one attached hydrogen (secondary N) is 1.